The second-order valence-corrected chi connectivity index (χ2v) is 9.21. The predicted molar refractivity (Wildman–Crippen MR) is 114 cm³/mol. The third kappa shape index (κ3) is 5.93. The fourth-order valence-corrected chi connectivity index (χ4v) is 3.86. The molecule has 1 aromatic heterocycles. The number of nitrogens with one attached hydrogen (secondary N) is 1. The molecule has 1 aliphatic heterocycles. The number of halogens is 1. The van der Waals surface area contributed by atoms with Crippen LogP contribution in [-0.2, 0) is 11.3 Å². The van der Waals surface area contributed by atoms with E-state index in [0.717, 1.165) is 25.9 Å². The summed E-state index contributed by atoms with van der Waals surface area (Å²) in [5.74, 6) is 0.998. The minimum Gasteiger partial charge on any atom is -0.444 e. The van der Waals surface area contributed by atoms with Crippen molar-refractivity contribution in [2.75, 3.05) is 26.7 Å². The first-order valence-corrected chi connectivity index (χ1v) is 10.3. The average Bonchev–Trinajstić information content (AvgIpc) is 2.61. The predicted octanol–water partition coefficient (Wildman–Crippen LogP) is 3.66. The van der Waals surface area contributed by atoms with Crippen LogP contribution in [0, 0.1) is 5.92 Å². The third-order valence-electron chi connectivity index (χ3n) is 4.93. The van der Waals surface area contributed by atoms with Gasteiger partial charge in [-0.1, -0.05) is 11.6 Å². The Balaban J connectivity index is 1.63. The highest BCUT2D eigenvalue weighted by Crippen LogP contribution is 2.20. The van der Waals surface area contributed by atoms with Crippen molar-refractivity contribution in [1.29, 1.82) is 0 Å². The van der Waals surface area contributed by atoms with Gasteiger partial charge in [-0.2, -0.15) is 0 Å². The first-order chi connectivity index (χ1) is 13.6. The number of fused-ring (bicyclic) bond motifs is 1. The van der Waals surface area contributed by atoms with Crippen molar-refractivity contribution in [3.8, 4) is 0 Å². The molecule has 3 rings (SSSR count). The smallest absolute Gasteiger partial charge is 0.410 e. The van der Waals surface area contributed by atoms with Crippen LogP contribution in [-0.4, -0.2) is 58.1 Å². The van der Waals surface area contributed by atoms with Crippen LogP contribution < -0.4 is 5.56 Å². The summed E-state index contributed by atoms with van der Waals surface area (Å²) in [7, 11) is 1.78. The highest BCUT2D eigenvalue weighted by Gasteiger charge is 2.25. The minimum absolute atomic E-state index is 0.175. The zero-order valence-corrected chi connectivity index (χ0v) is 18.3. The maximum absolute atomic E-state index is 12.4. The molecule has 1 atom stereocenters. The fraction of sp³-hybridized carbons (Fsp3) is 0.571. The van der Waals surface area contributed by atoms with Crippen LogP contribution in [0.5, 0.6) is 0 Å². The molecule has 29 heavy (non-hydrogen) atoms. The molecule has 1 fully saturated rings. The zero-order valence-electron chi connectivity index (χ0n) is 17.5. The van der Waals surface area contributed by atoms with Gasteiger partial charge in [0, 0.05) is 25.2 Å². The monoisotopic (exact) mass is 420 g/mol. The fourth-order valence-electron chi connectivity index (χ4n) is 3.69. The highest BCUT2D eigenvalue weighted by molar-refractivity contribution is 6.31. The molecule has 7 nitrogen and oxygen atoms in total. The molecule has 0 spiro atoms. The lowest BCUT2D eigenvalue weighted by Crippen LogP contribution is -2.43. The van der Waals surface area contributed by atoms with Crippen LogP contribution in [0.2, 0.25) is 5.02 Å². The molecule has 2 aromatic rings. The molecule has 0 aliphatic carbocycles. The number of ether oxygens (including phenoxy) is 1. The van der Waals surface area contributed by atoms with E-state index >= 15 is 0 Å². The van der Waals surface area contributed by atoms with E-state index < -0.39 is 5.60 Å². The number of carbonyl (C=O) groups excluding carboxylic acids is 1. The standard InChI is InChI=1S/C21H29ClN4O3/c1-21(2,3)29-20(28)25(4)11-14-6-5-9-26(12-14)13-18-23-17-8-7-15(22)10-16(17)19(27)24-18/h7-8,10,14H,5-6,9,11-13H2,1-4H3,(H,23,24,27). The molecule has 1 saturated heterocycles. The largest absolute Gasteiger partial charge is 0.444 e. The molecule has 0 saturated carbocycles. The van der Waals surface area contributed by atoms with E-state index in [1.54, 1.807) is 30.1 Å². The molecular weight excluding hydrogens is 392 g/mol. The van der Waals surface area contributed by atoms with Gasteiger partial charge in [0.2, 0.25) is 0 Å². The number of aromatic nitrogens is 2. The van der Waals surface area contributed by atoms with Gasteiger partial charge < -0.3 is 14.6 Å². The number of hydrogen-bond donors (Lipinski definition) is 1. The van der Waals surface area contributed by atoms with Crippen molar-refractivity contribution >= 4 is 28.6 Å². The third-order valence-corrected chi connectivity index (χ3v) is 5.17. The van der Waals surface area contributed by atoms with Crippen LogP contribution in [0.4, 0.5) is 4.79 Å². The molecule has 1 N–H and O–H groups in total. The Morgan fingerprint density at radius 1 is 1.41 bits per heavy atom. The van der Waals surface area contributed by atoms with E-state index in [0.29, 0.717) is 40.8 Å². The molecule has 158 valence electrons. The lowest BCUT2D eigenvalue weighted by molar-refractivity contribution is 0.0241. The van der Waals surface area contributed by atoms with Crippen LogP contribution in [0.3, 0.4) is 0 Å². The topological polar surface area (TPSA) is 78.5 Å². The first-order valence-electron chi connectivity index (χ1n) is 9.95. The molecule has 2 heterocycles. The summed E-state index contributed by atoms with van der Waals surface area (Å²) in [4.78, 5) is 36.0. The Labute approximate surface area is 176 Å². The van der Waals surface area contributed by atoms with E-state index in [1.807, 2.05) is 20.8 Å². The lowest BCUT2D eigenvalue weighted by atomic mass is 9.97. The summed E-state index contributed by atoms with van der Waals surface area (Å²) >= 11 is 5.98. The van der Waals surface area contributed by atoms with Crippen molar-refractivity contribution in [2.45, 2.75) is 45.8 Å². The van der Waals surface area contributed by atoms with Crippen LogP contribution in [0.25, 0.3) is 10.9 Å². The number of likely N-dealkylation sites (tertiary alicyclic amines) is 1. The minimum atomic E-state index is -0.498. The number of rotatable bonds is 4. The van der Waals surface area contributed by atoms with Crippen molar-refractivity contribution in [3.05, 3.63) is 39.4 Å². The summed E-state index contributed by atoms with van der Waals surface area (Å²) in [6.45, 7) is 8.60. The summed E-state index contributed by atoms with van der Waals surface area (Å²) in [6.07, 6.45) is 1.80. The number of aromatic amines is 1. The van der Waals surface area contributed by atoms with Crippen LogP contribution >= 0.6 is 11.6 Å². The molecular formula is C21H29ClN4O3. The normalized spacial score (nSPS) is 18.0. The number of carbonyl (C=O) groups is 1. The van der Waals surface area contributed by atoms with Crippen molar-refractivity contribution in [2.24, 2.45) is 5.92 Å². The van der Waals surface area contributed by atoms with Gasteiger partial charge in [-0.15, -0.1) is 0 Å². The number of H-pyrrole nitrogens is 1. The van der Waals surface area contributed by atoms with Crippen molar-refractivity contribution in [3.63, 3.8) is 0 Å². The van der Waals surface area contributed by atoms with E-state index in [9.17, 15) is 9.59 Å². The maximum Gasteiger partial charge on any atom is 0.410 e. The zero-order chi connectivity index (χ0) is 21.2. The van der Waals surface area contributed by atoms with Crippen LogP contribution in [0.1, 0.15) is 39.4 Å². The van der Waals surface area contributed by atoms with E-state index in [2.05, 4.69) is 14.9 Å². The summed E-state index contributed by atoms with van der Waals surface area (Å²) in [5, 5.41) is 1.02. The Kier molecular flexibility index (Phi) is 6.49. The Morgan fingerprint density at radius 3 is 2.90 bits per heavy atom. The van der Waals surface area contributed by atoms with Crippen LogP contribution in [0.15, 0.2) is 23.0 Å². The molecule has 1 aromatic carbocycles. The molecule has 1 amide bonds. The lowest BCUT2D eigenvalue weighted by Gasteiger charge is -2.34. The Morgan fingerprint density at radius 2 is 2.17 bits per heavy atom. The van der Waals surface area contributed by atoms with Gasteiger partial charge in [-0.05, 0) is 64.3 Å². The SMILES string of the molecule is CN(CC1CCCN(Cc2nc3ccc(Cl)cc3c(=O)[nH]2)C1)C(=O)OC(C)(C)C. The molecule has 1 unspecified atom stereocenters. The number of amides is 1. The number of hydrogen-bond acceptors (Lipinski definition) is 5. The molecule has 0 bridgehead atoms. The van der Waals surface area contributed by atoms with E-state index in [1.165, 1.54) is 0 Å². The van der Waals surface area contributed by atoms with E-state index in [-0.39, 0.29) is 11.7 Å². The van der Waals surface area contributed by atoms with Gasteiger partial charge in [0.1, 0.15) is 11.4 Å². The second kappa shape index (κ2) is 8.71. The van der Waals surface area contributed by atoms with Crippen molar-refractivity contribution < 1.29 is 9.53 Å². The molecule has 8 heteroatoms. The average molecular weight is 421 g/mol. The van der Waals surface area contributed by atoms with Gasteiger partial charge in [0.15, 0.2) is 0 Å². The number of piperidine rings is 1. The van der Waals surface area contributed by atoms with Gasteiger partial charge in [-0.3, -0.25) is 9.69 Å². The van der Waals surface area contributed by atoms with Gasteiger partial charge in [0.05, 0.1) is 17.4 Å². The van der Waals surface area contributed by atoms with E-state index in [4.69, 9.17) is 16.3 Å². The van der Waals surface area contributed by atoms with Gasteiger partial charge >= 0.3 is 6.09 Å². The summed E-state index contributed by atoms with van der Waals surface area (Å²) in [5.41, 5.74) is -0.0287. The van der Waals surface area contributed by atoms with Gasteiger partial charge in [0.25, 0.3) is 5.56 Å². The highest BCUT2D eigenvalue weighted by atomic mass is 35.5. The first kappa shape index (κ1) is 21.6. The number of benzene rings is 1. The summed E-state index contributed by atoms with van der Waals surface area (Å²) < 4.78 is 5.44. The Bertz CT molecular complexity index is 938. The van der Waals surface area contributed by atoms with Crippen molar-refractivity contribution in [1.82, 2.24) is 19.8 Å². The Hall–Kier alpha value is -2.12. The summed E-state index contributed by atoms with van der Waals surface area (Å²) in [6, 6.07) is 5.14. The quantitative estimate of drug-likeness (QED) is 0.816. The number of nitrogens with zero attached hydrogens (tertiary/aromatic N) is 3. The van der Waals surface area contributed by atoms with Gasteiger partial charge in [-0.25, -0.2) is 9.78 Å². The molecule has 1 aliphatic rings. The maximum atomic E-state index is 12.4. The second-order valence-electron chi connectivity index (χ2n) is 8.78. The molecule has 0 radical (unpaired) electrons.